The Balaban J connectivity index is 0.000001000. The summed E-state index contributed by atoms with van der Waals surface area (Å²) in [5.74, 6) is -0.792. The van der Waals surface area contributed by atoms with Gasteiger partial charge >= 0.3 is 5.97 Å². The molecule has 1 fully saturated rings. The molecule has 1 atom stereocenters. The van der Waals surface area contributed by atoms with Crippen molar-refractivity contribution in [3.63, 3.8) is 0 Å². The van der Waals surface area contributed by atoms with Crippen LogP contribution in [-0.4, -0.2) is 35.8 Å². The molecule has 4 nitrogen and oxygen atoms in total. The summed E-state index contributed by atoms with van der Waals surface area (Å²) in [6.07, 6.45) is 1.61. The van der Waals surface area contributed by atoms with E-state index in [1.165, 1.54) is 12.2 Å². The summed E-state index contributed by atoms with van der Waals surface area (Å²) in [5.41, 5.74) is 0. The average molecular weight is 182 g/mol. The summed E-state index contributed by atoms with van der Waals surface area (Å²) in [6, 6.07) is -0.426. The summed E-state index contributed by atoms with van der Waals surface area (Å²) in [5, 5.41) is 10.1. The predicted molar refractivity (Wildman–Crippen MR) is 41.6 cm³/mol. The molecule has 11 heavy (non-hydrogen) atoms. The number of hydrogen-bond donors (Lipinski definition) is 1. The zero-order valence-electron chi connectivity index (χ0n) is 6.32. The first kappa shape index (κ1) is 10.7. The number of hydrogen-bond acceptors (Lipinski definition) is 3. The van der Waals surface area contributed by atoms with Crippen LogP contribution in [0.25, 0.3) is 0 Å². The number of nitrogens with zero attached hydrogens (tertiary/aromatic N) is 1. The van der Waals surface area contributed by atoms with Crippen LogP contribution in [0.2, 0.25) is 0 Å². The van der Waals surface area contributed by atoms with Crippen molar-refractivity contribution in [1.82, 2.24) is 5.06 Å². The van der Waals surface area contributed by atoms with Crippen molar-refractivity contribution in [2.24, 2.45) is 0 Å². The van der Waals surface area contributed by atoms with Gasteiger partial charge in [-0.15, -0.1) is 12.4 Å². The molecule has 0 saturated carbocycles. The average Bonchev–Trinajstić information content (AvgIpc) is 2.33. The predicted octanol–water partition coefficient (Wildman–Crippen LogP) is 0.519. The van der Waals surface area contributed by atoms with E-state index in [1.54, 1.807) is 0 Å². The van der Waals surface area contributed by atoms with Crippen LogP contribution < -0.4 is 0 Å². The van der Waals surface area contributed by atoms with Gasteiger partial charge in [0.1, 0.15) is 6.04 Å². The Morgan fingerprint density at radius 3 is 2.73 bits per heavy atom. The zero-order valence-corrected chi connectivity index (χ0v) is 7.13. The van der Waals surface area contributed by atoms with Gasteiger partial charge in [-0.05, 0) is 12.8 Å². The van der Waals surface area contributed by atoms with Gasteiger partial charge in [0.25, 0.3) is 0 Å². The second kappa shape index (κ2) is 4.54. The van der Waals surface area contributed by atoms with Crippen LogP contribution in [-0.2, 0) is 9.63 Å². The summed E-state index contributed by atoms with van der Waals surface area (Å²) in [4.78, 5) is 15.3. The minimum atomic E-state index is -0.792. The number of rotatable bonds is 2. The van der Waals surface area contributed by atoms with Gasteiger partial charge in [-0.1, -0.05) is 0 Å². The Morgan fingerprint density at radius 2 is 2.36 bits per heavy atom. The van der Waals surface area contributed by atoms with Gasteiger partial charge in [-0.25, -0.2) is 0 Å². The number of aliphatic carboxylic acids is 1. The van der Waals surface area contributed by atoms with Gasteiger partial charge in [-0.2, -0.15) is 5.06 Å². The van der Waals surface area contributed by atoms with Crippen LogP contribution in [0.3, 0.4) is 0 Å². The van der Waals surface area contributed by atoms with Crippen LogP contribution in [0.15, 0.2) is 0 Å². The van der Waals surface area contributed by atoms with Crippen molar-refractivity contribution >= 4 is 18.4 Å². The lowest BCUT2D eigenvalue weighted by Crippen LogP contribution is -2.34. The normalized spacial score (nSPS) is 24.6. The maximum absolute atomic E-state index is 10.4. The van der Waals surface area contributed by atoms with Crippen LogP contribution >= 0.6 is 12.4 Å². The Morgan fingerprint density at radius 1 is 1.73 bits per heavy atom. The molecule has 0 aliphatic carbocycles. The third-order valence-electron chi connectivity index (χ3n) is 1.72. The standard InChI is InChI=1S/C6H11NO3.ClH/c1-10-7-4-2-3-5(7)6(8)9;/h5H,2-4H2,1H3,(H,8,9);1H. The minimum absolute atomic E-state index is 0. The molecule has 0 spiro atoms. The number of halogens is 1. The highest BCUT2D eigenvalue weighted by atomic mass is 35.5. The Bertz CT molecular complexity index is 142. The van der Waals surface area contributed by atoms with Gasteiger partial charge < -0.3 is 9.94 Å². The fourth-order valence-corrected chi connectivity index (χ4v) is 1.21. The van der Waals surface area contributed by atoms with Crippen LogP contribution in [0.5, 0.6) is 0 Å². The molecular formula is C6H12ClNO3. The maximum atomic E-state index is 10.4. The molecule has 1 aliphatic heterocycles. The topological polar surface area (TPSA) is 49.8 Å². The van der Waals surface area contributed by atoms with Gasteiger partial charge in [0.15, 0.2) is 0 Å². The lowest BCUT2D eigenvalue weighted by atomic mass is 10.2. The third kappa shape index (κ3) is 2.32. The van der Waals surface area contributed by atoms with E-state index in [0.717, 1.165) is 13.0 Å². The van der Waals surface area contributed by atoms with Crippen molar-refractivity contribution in [3.05, 3.63) is 0 Å². The summed E-state index contributed by atoms with van der Waals surface area (Å²) in [7, 11) is 1.50. The van der Waals surface area contributed by atoms with E-state index >= 15 is 0 Å². The smallest absolute Gasteiger partial charge is 0.323 e. The molecule has 0 radical (unpaired) electrons. The second-order valence-corrected chi connectivity index (χ2v) is 2.32. The molecule has 0 amide bonds. The van der Waals surface area contributed by atoms with Crippen LogP contribution in [0.1, 0.15) is 12.8 Å². The van der Waals surface area contributed by atoms with E-state index in [2.05, 4.69) is 0 Å². The van der Waals surface area contributed by atoms with Crippen molar-refractivity contribution < 1.29 is 14.7 Å². The monoisotopic (exact) mass is 181 g/mol. The first-order valence-electron chi connectivity index (χ1n) is 3.29. The number of carboxylic acids is 1. The fourth-order valence-electron chi connectivity index (χ4n) is 1.21. The molecule has 5 heteroatoms. The summed E-state index contributed by atoms with van der Waals surface area (Å²) < 4.78 is 0. The first-order chi connectivity index (χ1) is 4.75. The number of carbonyl (C=O) groups is 1. The highest BCUT2D eigenvalue weighted by molar-refractivity contribution is 5.85. The molecule has 1 aliphatic rings. The molecular weight excluding hydrogens is 170 g/mol. The molecule has 1 unspecified atom stereocenters. The van der Waals surface area contributed by atoms with Crippen LogP contribution in [0.4, 0.5) is 0 Å². The zero-order chi connectivity index (χ0) is 7.56. The van der Waals surface area contributed by atoms with E-state index in [9.17, 15) is 4.79 Å². The lowest BCUT2D eigenvalue weighted by molar-refractivity contribution is -0.172. The van der Waals surface area contributed by atoms with Gasteiger partial charge in [0.2, 0.25) is 0 Å². The summed E-state index contributed by atoms with van der Waals surface area (Å²) in [6.45, 7) is 0.730. The SMILES string of the molecule is CON1CCCC1C(=O)O.Cl. The van der Waals surface area contributed by atoms with Gasteiger partial charge in [-0.3, -0.25) is 4.79 Å². The van der Waals surface area contributed by atoms with Gasteiger partial charge in [0.05, 0.1) is 7.11 Å². The molecule has 1 heterocycles. The summed E-state index contributed by atoms with van der Waals surface area (Å²) >= 11 is 0. The van der Waals surface area contributed by atoms with E-state index in [0.29, 0.717) is 6.42 Å². The second-order valence-electron chi connectivity index (χ2n) is 2.32. The van der Waals surface area contributed by atoms with Crippen LogP contribution in [0, 0.1) is 0 Å². The van der Waals surface area contributed by atoms with Crippen molar-refractivity contribution in [2.75, 3.05) is 13.7 Å². The molecule has 0 aromatic heterocycles. The largest absolute Gasteiger partial charge is 0.480 e. The Hall–Kier alpha value is -0.320. The Labute approximate surface area is 71.5 Å². The number of hydroxylamine groups is 2. The molecule has 1 rings (SSSR count). The number of carboxylic acid groups (broad SMARTS) is 1. The van der Waals surface area contributed by atoms with E-state index in [4.69, 9.17) is 9.94 Å². The molecule has 0 bridgehead atoms. The molecule has 0 aromatic rings. The molecule has 66 valence electrons. The van der Waals surface area contributed by atoms with E-state index in [-0.39, 0.29) is 12.4 Å². The molecule has 1 N–H and O–H groups in total. The lowest BCUT2D eigenvalue weighted by Gasteiger charge is -2.16. The molecule has 1 saturated heterocycles. The quantitative estimate of drug-likeness (QED) is 0.675. The minimum Gasteiger partial charge on any atom is -0.480 e. The third-order valence-corrected chi connectivity index (χ3v) is 1.72. The Kier molecular flexibility index (Phi) is 4.40. The van der Waals surface area contributed by atoms with Crippen molar-refractivity contribution in [3.8, 4) is 0 Å². The first-order valence-corrected chi connectivity index (χ1v) is 3.29. The highest BCUT2D eigenvalue weighted by Crippen LogP contribution is 2.16. The maximum Gasteiger partial charge on any atom is 0.323 e. The van der Waals surface area contributed by atoms with E-state index in [1.807, 2.05) is 0 Å². The van der Waals surface area contributed by atoms with Gasteiger partial charge in [0, 0.05) is 6.54 Å². The van der Waals surface area contributed by atoms with E-state index < -0.39 is 12.0 Å². The molecule has 0 aromatic carbocycles. The highest BCUT2D eigenvalue weighted by Gasteiger charge is 2.30. The fraction of sp³-hybridized carbons (Fsp3) is 0.833. The van der Waals surface area contributed by atoms with Crippen molar-refractivity contribution in [2.45, 2.75) is 18.9 Å². The van der Waals surface area contributed by atoms with Crippen molar-refractivity contribution in [1.29, 1.82) is 0 Å².